The molecule has 0 radical (unpaired) electrons. The van der Waals surface area contributed by atoms with E-state index in [4.69, 9.17) is 44.8 Å². The lowest BCUT2D eigenvalue weighted by Gasteiger charge is -2.22. The summed E-state index contributed by atoms with van der Waals surface area (Å²) >= 11 is 0. The first kappa shape index (κ1) is 46.3. The number of ether oxygens (including phenoxy) is 4. The molecule has 0 spiro atoms. The van der Waals surface area contributed by atoms with Crippen molar-refractivity contribution in [3.8, 4) is 23.0 Å². The molecule has 0 fully saturated rings. The first-order chi connectivity index (χ1) is 28.7. The third-order valence-corrected chi connectivity index (χ3v) is 12.7. The maximum Gasteiger partial charge on any atom is 0.387 e. The SMILES string of the molecule is CCOc1ccc2op(O[C@H](C)C[C@@H](C)Op3oc4c(C(C)(C)C)cc(OCC)cc4c4cc(OCC)cc(C(C)(C)C)c4o3)oc3c(C(C)(C)C)cc(OCC)cc3c2c1. The molecule has 0 saturated heterocycles. The first-order valence-corrected chi connectivity index (χ1v) is 23.8. The molecule has 4 aromatic carbocycles. The van der Waals surface area contributed by atoms with Crippen molar-refractivity contribution in [3.05, 3.63) is 71.3 Å². The van der Waals surface area contributed by atoms with E-state index < -0.39 is 16.5 Å². The van der Waals surface area contributed by atoms with E-state index in [2.05, 4.69) is 80.5 Å². The lowest BCUT2D eigenvalue weighted by Crippen LogP contribution is -2.21. The number of benzene rings is 4. The standard InChI is InChI=1S/C49H66O10P2/c1-16-50-32-20-21-43-36(23-32)37-24-33(51-17-2)27-40(47(7,8)9)44(37)57-60(56-43)54-30(5)22-31(6)55-61-58-45-38(25-34(52-18-3)28-41(45)48(10,11)12)39-26-35(53-19-4)29-42(46(39)59-61)49(13,14)15/h20-21,23-31H,16-19,22H2,1-15H3/t30-,31-,60?/m1/s1. The fourth-order valence-corrected chi connectivity index (χ4v) is 9.82. The van der Waals surface area contributed by atoms with Gasteiger partial charge < -0.3 is 35.7 Å². The van der Waals surface area contributed by atoms with E-state index in [-0.39, 0.29) is 28.5 Å². The smallest absolute Gasteiger partial charge is 0.387 e. The largest absolute Gasteiger partial charge is 0.494 e. The van der Waals surface area contributed by atoms with E-state index in [1.165, 1.54) is 0 Å². The molecule has 3 atom stereocenters. The van der Waals surface area contributed by atoms with Crippen LogP contribution in [0.3, 0.4) is 0 Å². The second-order valence-corrected chi connectivity index (χ2v) is 20.6. The molecule has 0 aliphatic heterocycles. The molecule has 2 heterocycles. The predicted molar refractivity (Wildman–Crippen MR) is 250 cm³/mol. The molecule has 10 nitrogen and oxygen atoms in total. The number of hydrogen-bond acceptors (Lipinski definition) is 10. The molecule has 0 N–H and O–H groups in total. The van der Waals surface area contributed by atoms with Gasteiger partial charge in [0.15, 0.2) is 0 Å². The third kappa shape index (κ3) is 10.7. The minimum absolute atomic E-state index is 0.277. The van der Waals surface area contributed by atoms with Crippen LogP contribution in [0.5, 0.6) is 23.0 Å². The fraction of sp³-hybridized carbons (Fsp3) is 0.510. The van der Waals surface area contributed by atoms with E-state index in [0.717, 1.165) is 61.2 Å². The van der Waals surface area contributed by atoms with Crippen molar-refractivity contribution < 1.29 is 44.8 Å². The summed E-state index contributed by atoms with van der Waals surface area (Å²) in [5.41, 5.74) is 4.88. The van der Waals surface area contributed by atoms with Gasteiger partial charge in [0, 0.05) is 44.7 Å². The highest BCUT2D eigenvalue weighted by atomic mass is 31.1. The molecule has 2 aromatic heterocycles. The summed E-state index contributed by atoms with van der Waals surface area (Å²) in [6.07, 6.45) is -0.184. The van der Waals surface area contributed by atoms with Gasteiger partial charge in [0.25, 0.3) is 0 Å². The van der Waals surface area contributed by atoms with Crippen LogP contribution >= 0.6 is 16.5 Å². The highest BCUT2D eigenvalue weighted by molar-refractivity contribution is 7.32. The van der Waals surface area contributed by atoms with Gasteiger partial charge >= 0.3 is 16.5 Å². The maximum atomic E-state index is 6.91. The van der Waals surface area contributed by atoms with Gasteiger partial charge in [-0.3, -0.25) is 9.05 Å². The van der Waals surface area contributed by atoms with Crippen LogP contribution in [0.25, 0.3) is 43.9 Å². The van der Waals surface area contributed by atoms with Gasteiger partial charge in [-0.1, -0.05) is 62.3 Å². The van der Waals surface area contributed by atoms with Crippen LogP contribution in [-0.4, -0.2) is 38.6 Å². The van der Waals surface area contributed by atoms with Gasteiger partial charge in [-0.05, 0) is 112 Å². The Hall–Kier alpha value is -4.20. The molecular weight excluding hydrogens is 810 g/mol. The topological polar surface area (TPSA) is 108 Å². The molecule has 12 heteroatoms. The summed E-state index contributed by atoms with van der Waals surface area (Å²) in [6.45, 7) is 33.6. The summed E-state index contributed by atoms with van der Waals surface area (Å²) < 4.78 is 64.9. The molecule has 6 rings (SSSR count). The summed E-state index contributed by atoms with van der Waals surface area (Å²) in [4.78, 5) is 0. The van der Waals surface area contributed by atoms with E-state index in [1.807, 2.05) is 77.9 Å². The van der Waals surface area contributed by atoms with Crippen molar-refractivity contribution >= 4 is 60.4 Å². The normalized spacial score (nSPS) is 13.8. The van der Waals surface area contributed by atoms with Crippen LogP contribution < -0.4 is 28.0 Å². The van der Waals surface area contributed by atoms with Crippen LogP contribution in [0.1, 0.15) is 127 Å². The predicted octanol–water partition coefficient (Wildman–Crippen LogP) is 15.1. The zero-order valence-corrected chi connectivity index (χ0v) is 40.7. The molecule has 0 aliphatic carbocycles. The van der Waals surface area contributed by atoms with Crippen molar-refractivity contribution in [3.63, 3.8) is 0 Å². The van der Waals surface area contributed by atoms with Gasteiger partial charge in [0.2, 0.25) is 0 Å². The Kier molecular flexibility index (Phi) is 14.2. The second-order valence-electron chi connectivity index (χ2n) is 18.6. The molecule has 61 heavy (non-hydrogen) atoms. The summed E-state index contributed by atoms with van der Waals surface area (Å²) in [7, 11) is -3.84. The second kappa shape index (κ2) is 18.6. The quantitative estimate of drug-likeness (QED) is 0.105. The van der Waals surface area contributed by atoms with E-state index >= 15 is 0 Å². The first-order valence-electron chi connectivity index (χ1n) is 21.6. The summed E-state index contributed by atoms with van der Waals surface area (Å²) in [5, 5.41) is 3.46. The van der Waals surface area contributed by atoms with Crippen molar-refractivity contribution in [2.45, 2.75) is 139 Å². The van der Waals surface area contributed by atoms with E-state index in [0.29, 0.717) is 55.2 Å². The Morgan fingerprint density at radius 3 is 1.13 bits per heavy atom. The third-order valence-electron chi connectivity index (χ3n) is 10.3. The Balaban J connectivity index is 1.45. The Morgan fingerprint density at radius 2 is 0.770 bits per heavy atom. The van der Waals surface area contributed by atoms with Gasteiger partial charge in [0.05, 0.1) is 38.6 Å². The van der Waals surface area contributed by atoms with Crippen LogP contribution in [0.15, 0.2) is 71.4 Å². The van der Waals surface area contributed by atoms with Crippen LogP contribution in [-0.2, 0) is 16.2 Å². The Bertz CT molecular complexity index is 2480. The van der Waals surface area contributed by atoms with Gasteiger partial charge in [-0.25, -0.2) is 0 Å². The molecular formula is C49H66O10P2. The molecule has 1 unspecified atom stereocenters. The molecule has 332 valence electrons. The molecule has 6 aromatic rings. The zero-order chi connectivity index (χ0) is 44.4. The average molecular weight is 877 g/mol. The van der Waals surface area contributed by atoms with Gasteiger partial charge in [0.1, 0.15) is 45.3 Å². The van der Waals surface area contributed by atoms with Gasteiger partial charge in [-0.2, -0.15) is 0 Å². The van der Waals surface area contributed by atoms with Crippen LogP contribution in [0.4, 0.5) is 0 Å². The molecule has 0 amide bonds. The van der Waals surface area contributed by atoms with Crippen molar-refractivity contribution in [2.24, 2.45) is 0 Å². The molecule has 0 aliphatic rings. The Labute approximate surface area is 363 Å². The molecule has 0 bridgehead atoms. The fourth-order valence-electron chi connectivity index (χ4n) is 7.45. The number of rotatable bonds is 14. The monoisotopic (exact) mass is 876 g/mol. The summed E-state index contributed by atoms with van der Waals surface area (Å²) in [5.74, 6) is 3.03. The highest BCUT2D eigenvalue weighted by Gasteiger charge is 2.28. The Morgan fingerprint density at radius 1 is 0.443 bits per heavy atom. The lowest BCUT2D eigenvalue weighted by molar-refractivity contribution is 0.184. The minimum atomic E-state index is -1.94. The van der Waals surface area contributed by atoms with Crippen molar-refractivity contribution in [1.82, 2.24) is 0 Å². The number of hydrogen-bond donors (Lipinski definition) is 0. The van der Waals surface area contributed by atoms with Crippen molar-refractivity contribution in [2.75, 3.05) is 26.4 Å². The zero-order valence-electron chi connectivity index (χ0n) is 38.9. The minimum Gasteiger partial charge on any atom is -0.494 e. The van der Waals surface area contributed by atoms with Gasteiger partial charge in [-0.15, -0.1) is 0 Å². The van der Waals surface area contributed by atoms with Crippen molar-refractivity contribution in [1.29, 1.82) is 0 Å². The number of fused-ring (bicyclic) bond motifs is 6. The average Bonchev–Trinajstić information content (AvgIpc) is 3.40. The lowest BCUT2D eigenvalue weighted by atomic mass is 9.84. The van der Waals surface area contributed by atoms with E-state index in [1.54, 1.807) is 0 Å². The summed E-state index contributed by atoms with van der Waals surface area (Å²) in [6, 6.07) is 18.1. The van der Waals surface area contributed by atoms with Crippen LogP contribution in [0.2, 0.25) is 0 Å². The van der Waals surface area contributed by atoms with Crippen LogP contribution in [0, 0.1) is 0 Å². The van der Waals surface area contributed by atoms with E-state index in [9.17, 15) is 0 Å². The highest BCUT2D eigenvalue weighted by Crippen LogP contribution is 2.46. The maximum absolute atomic E-state index is 6.91. The molecule has 0 saturated carbocycles.